The van der Waals surface area contributed by atoms with Crippen molar-refractivity contribution < 1.29 is 14.6 Å². The molecule has 2 heterocycles. The molecule has 0 spiro atoms. The quantitative estimate of drug-likeness (QED) is 0.475. The van der Waals surface area contributed by atoms with Crippen LogP contribution >= 0.6 is 11.6 Å². The first-order valence-corrected chi connectivity index (χ1v) is 10.2. The maximum Gasteiger partial charge on any atom is 0.327 e. The molecule has 3 N–H and O–H groups in total. The Morgan fingerprint density at radius 3 is 2.61 bits per heavy atom. The number of aliphatic hydroxyl groups is 1. The summed E-state index contributed by atoms with van der Waals surface area (Å²) in [4.78, 5) is 12.9. The van der Waals surface area contributed by atoms with Crippen molar-refractivity contribution >= 4 is 28.3 Å². The number of nitrogens with zero attached hydrogens (tertiary/aromatic N) is 3. The SMILES string of the molecule is CC(O)c1ccc(Oc2nc(N)nc(-c3c(Cl)cc4c5c(cccc35)COC4)n2)cc1. The molecule has 0 saturated carbocycles. The lowest BCUT2D eigenvalue weighted by Gasteiger charge is -2.20. The lowest BCUT2D eigenvalue weighted by molar-refractivity contribution is 0.103. The first-order valence-electron chi connectivity index (χ1n) is 9.78. The fourth-order valence-corrected chi connectivity index (χ4v) is 4.11. The third-order valence-electron chi connectivity index (χ3n) is 5.22. The molecule has 0 radical (unpaired) electrons. The van der Waals surface area contributed by atoms with E-state index in [-0.39, 0.29) is 12.0 Å². The van der Waals surface area contributed by atoms with E-state index in [1.807, 2.05) is 24.3 Å². The molecule has 1 aromatic heterocycles. The number of ether oxygens (including phenoxy) is 2. The highest BCUT2D eigenvalue weighted by Crippen LogP contribution is 2.40. The van der Waals surface area contributed by atoms with Gasteiger partial charge in [-0.05, 0) is 52.6 Å². The number of aromatic nitrogens is 3. The summed E-state index contributed by atoms with van der Waals surface area (Å²) in [5, 5.41) is 12.2. The van der Waals surface area contributed by atoms with Gasteiger partial charge >= 0.3 is 6.01 Å². The number of hydrogen-bond acceptors (Lipinski definition) is 7. The summed E-state index contributed by atoms with van der Waals surface area (Å²) in [6, 6.07) is 15.0. The van der Waals surface area contributed by atoms with E-state index < -0.39 is 6.10 Å². The van der Waals surface area contributed by atoms with Crippen LogP contribution in [-0.4, -0.2) is 20.1 Å². The molecule has 3 aromatic carbocycles. The van der Waals surface area contributed by atoms with E-state index >= 15 is 0 Å². The lowest BCUT2D eigenvalue weighted by atomic mass is 9.94. The van der Waals surface area contributed by atoms with E-state index in [9.17, 15) is 5.11 Å². The zero-order valence-electron chi connectivity index (χ0n) is 16.7. The molecule has 156 valence electrons. The van der Waals surface area contributed by atoms with Crippen molar-refractivity contribution in [3.63, 3.8) is 0 Å². The van der Waals surface area contributed by atoms with Gasteiger partial charge in [0.2, 0.25) is 5.95 Å². The molecule has 1 unspecified atom stereocenters. The van der Waals surface area contributed by atoms with E-state index in [0.29, 0.717) is 35.4 Å². The molecule has 7 nitrogen and oxygen atoms in total. The number of hydrogen-bond donors (Lipinski definition) is 2. The molecule has 5 rings (SSSR count). The van der Waals surface area contributed by atoms with Gasteiger partial charge < -0.3 is 20.3 Å². The molecular weight excluding hydrogens is 416 g/mol. The van der Waals surface area contributed by atoms with Gasteiger partial charge in [0.1, 0.15) is 5.75 Å². The highest BCUT2D eigenvalue weighted by atomic mass is 35.5. The number of rotatable bonds is 4. The van der Waals surface area contributed by atoms with Crippen molar-refractivity contribution in [2.75, 3.05) is 5.73 Å². The van der Waals surface area contributed by atoms with Crippen molar-refractivity contribution in [2.45, 2.75) is 26.2 Å². The molecular formula is C23H19ClN4O3. The number of benzene rings is 3. The summed E-state index contributed by atoms with van der Waals surface area (Å²) >= 11 is 6.65. The van der Waals surface area contributed by atoms with E-state index in [1.54, 1.807) is 31.2 Å². The van der Waals surface area contributed by atoms with E-state index in [1.165, 1.54) is 0 Å². The summed E-state index contributed by atoms with van der Waals surface area (Å²) in [5.74, 6) is 0.880. The molecule has 0 bridgehead atoms. The Balaban J connectivity index is 1.59. The lowest BCUT2D eigenvalue weighted by Crippen LogP contribution is -2.07. The summed E-state index contributed by atoms with van der Waals surface area (Å²) in [5.41, 5.74) is 9.54. The molecule has 0 saturated heterocycles. The monoisotopic (exact) mass is 434 g/mol. The number of halogens is 1. The van der Waals surface area contributed by atoms with E-state index in [2.05, 4.69) is 15.0 Å². The first kappa shape index (κ1) is 19.7. The number of nitrogens with two attached hydrogens (primary N) is 1. The fraction of sp³-hybridized carbons (Fsp3) is 0.174. The summed E-state index contributed by atoms with van der Waals surface area (Å²) in [6.45, 7) is 2.75. The summed E-state index contributed by atoms with van der Waals surface area (Å²) in [7, 11) is 0. The topological polar surface area (TPSA) is 103 Å². The third-order valence-corrected chi connectivity index (χ3v) is 5.52. The first-order chi connectivity index (χ1) is 15.0. The Hall–Kier alpha value is -3.26. The van der Waals surface area contributed by atoms with Gasteiger partial charge in [0.15, 0.2) is 5.82 Å². The largest absolute Gasteiger partial charge is 0.424 e. The average Bonchev–Trinajstić information content (AvgIpc) is 2.74. The highest BCUT2D eigenvalue weighted by molar-refractivity contribution is 6.35. The zero-order chi connectivity index (χ0) is 21.5. The van der Waals surface area contributed by atoms with Gasteiger partial charge in [-0.3, -0.25) is 0 Å². The van der Waals surface area contributed by atoms with Crippen LogP contribution in [-0.2, 0) is 18.0 Å². The van der Waals surface area contributed by atoms with Gasteiger partial charge in [0.05, 0.1) is 24.3 Å². The average molecular weight is 435 g/mol. The third kappa shape index (κ3) is 3.67. The molecule has 4 aromatic rings. The van der Waals surface area contributed by atoms with Crippen LogP contribution in [0.3, 0.4) is 0 Å². The summed E-state index contributed by atoms with van der Waals surface area (Å²) < 4.78 is 11.5. The number of aliphatic hydroxyl groups excluding tert-OH is 1. The maximum absolute atomic E-state index is 9.67. The second-order valence-electron chi connectivity index (χ2n) is 7.37. The predicted octanol–water partition coefficient (Wildman–Crippen LogP) is 4.80. The van der Waals surface area contributed by atoms with Gasteiger partial charge in [-0.25, -0.2) is 0 Å². The summed E-state index contributed by atoms with van der Waals surface area (Å²) in [6.07, 6.45) is -0.561. The van der Waals surface area contributed by atoms with Gasteiger partial charge in [-0.15, -0.1) is 0 Å². The van der Waals surface area contributed by atoms with Crippen LogP contribution in [0, 0.1) is 0 Å². The van der Waals surface area contributed by atoms with Crippen LogP contribution in [0.15, 0.2) is 48.5 Å². The minimum atomic E-state index is -0.561. The smallest absolute Gasteiger partial charge is 0.327 e. The minimum Gasteiger partial charge on any atom is -0.424 e. The van der Waals surface area contributed by atoms with Crippen molar-refractivity contribution in [1.29, 1.82) is 0 Å². The molecule has 1 aliphatic rings. The molecule has 1 atom stereocenters. The molecule has 31 heavy (non-hydrogen) atoms. The Kier molecular flexibility index (Phi) is 4.94. The normalized spacial score (nSPS) is 13.9. The fourth-order valence-electron chi connectivity index (χ4n) is 3.80. The molecule has 0 amide bonds. The minimum absolute atomic E-state index is 0.0282. The standard InChI is InChI=1S/C23H19ClN4O3/c1-12(29)13-5-7-16(8-6-13)31-23-27-21(26-22(25)28-23)20-17-4-2-3-14-10-30-11-15(19(14)17)9-18(20)24/h2-9,12,29H,10-11H2,1H3,(H2,25,26,27,28). The van der Waals surface area contributed by atoms with Gasteiger partial charge in [0.25, 0.3) is 0 Å². The number of nitrogen functional groups attached to an aromatic ring is 1. The highest BCUT2D eigenvalue weighted by Gasteiger charge is 2.21. The van der Waals surface area contributed by atoms with Gasteiger partial charge in [-0.2, -0.15) is 15.0 Å². The van der Waals surface area contributed by atoms with Crippen molar-refractivity contribution in [2.24, 2.45) is 0 Å². The zero-order valence-corrected chi connectivity index (χ0v) is 17.4. The van der Waals surface area contributed by atoms with Crippen molar-refractivity contribution in [1.82, 2.24) is 15.0 Å². The van der Waals surface area contributed by atoms with Crippen LogP contribution in [0.4, 0.5) is 5.95 Å². The van der Waals surface area contributed by atoms with Crippen LogP contribution in [0.25, 0.3) is 22.2 Å². The van der Waals surface area contributed by atoms with Gasteiger partial charge in [-0.1, -0.05) is 41.9 Å². The molecule has 0 aliphatic carbocycles. The number of anilines is 1. The van der Waals surface area contributed by atoms with Crippen LogP contribution in [0.5, 0.6) is 11.8 Å². The Morgan fingerprint density at radius 1 is 1.06 bits per heavy atom. The Morgan fingerprint density at radius 2 is 1.84 bits per heavy atom. The molecule has 8 heteroatoms. The van der Waals surface area contributed by atoms with E-state index in [0.717, 1.165) is 27.5 Å². The Labute approximate surface area is 183 Å². The second-order valence-corrected chi connectivity index (χ2v) is 7.78. The maximum atomic E-state index is 9.67. The van der Waals surface area contributed by atoms with Crippen molar-refractivity contribution in [3.8, 4) is 23.1 Å². The van der Waals surface area contributed by atoms with Gasteiger partial charge in [0, 0.05) is 5.56 Å². The molecule has 1 aliphatic heterocycles. The second kappa shape index (κ2) is 7.77. The van der Waals surface area contributed by atoms with Crippen molar-refractivity contribution in [3.05, 3.63) is 70.2 Å². The Bertz CT molecular complexity index is 1290. The predicted molar refractivity (Wildman–Crippen MR) is 118 cm³/mol. The van der Waals surface area contributed by atoms with Crippen LogP contribution < -0.4 is 10.5 Å². The molecule has 0 fully saturated rings. The van der Waals surface area contributed by atoms with E-state index in [4.69, 9.17) is 26.8 Å². The van der Waals surface area contributed by atoms with Crippen LogP contribution in [0.1, 0.15) is 29.7 Å². The van der Waals surface area contributed by atoms with Crippen LogP contribution in [0.2, 0.25) is 5.02 Å².